The van der Waals surface area contributed by atoms with Crippen LogP contribution >= 0.6 is 27.7 Å². The van der Waals surface area contributed by atoms with Crippen molar-refractivity contribution in [2.24, 2.45) is 5.92 Å². The van der Waals surface area contributed by atoms with E-state index in [0.717, 1.165) is 30.9 Å². The maximum atomic E-state index is 14.1. The quantitative estimate of drug-likeness (QED) is 0.752. The van der Waals surface area contributed by atoms with E-state index < -0.39 is 11.6 Å². The fraction of sp³-hybridized carbons (Fsp3) is 0.600. The first-order chi connectivity index (χ1) is 9.63. The lowest BCUT2D eigenvalue weighted by atomic mass is 9.92. The summed E-state index contributed by atoms with van der Waals surface area (Å²) in [5.41, 5.74) is 0.199. The molecule has 0 spiro atoms. The van der Waals surface area contributed by atoms with Crippen LogP contribution in [0.1, 0.15) is 25.3 Å². The Bertz CT molecular complexity index is 450. The van der Waals surface area contributed by atoms with Crippen molar-refractivity contribution in [2.45, 2.75) is 32.2 Å². The van der Waals surface area contributed by atoms with E-state index in [4.69, 9.17) is 0 Å². The maximum Gasteiger partial charge on any atom is 0.143 e. The van der Waals surface area contributed by atoms with E-state index in [9.17, 15) is 8.78 Å². The van der Waals surface area contributed by atoms with Gasteiger partial charge in [0.2, 0.25) is 0 Å². The second-order valence-electron chi connectivity index (χ2n) is 5.21. The van der Waals surface area contributed by atoms with Gasteiger partial charge >= 0.3 is 0 Å². The Kier molecular flexibility index (Phi) is 6.30. The normalized spacial score (nSPS) is 20.3. The van der Waals surface area contributed by atoms with Crippen LogP contribution in [0.2, 0.25) is 0 Å². The summed E-state index contributed by atoms with van der Waals surface area (Å²) in [5, 5.41) is 3.47. The fourth-order valence-corrected chi connectivity index (χ4v) is 4.29. The van der Waals surface area contributed by atoms with Gasteiger partial charge in [0.1, 0.15) is 11.6 Å². The average molecular weight is 364 g/mol. The number of rotatable bonds is 6. The van der Waals surface area contributed by atoms with E-state index in [0.29, 0.717) is 16.8 Å². The molecule has 1 saturated heterocycles. The molecule has 0 bridgehead atoms. The Morgan fingerprint density at radius 1 is 1.45 bits per heavy atom. The van der Waals surface area contributed by atoms with Gasteiger partial charge in [-0.15, -0.1) is 0 Å². The van der Waals surface area contributed by atoms with Crippen LogP contribution in [0.3, 0.4) is 0 Å². The molecule has 112 valence electrons. The van der Waals surface area contributed by atoms with Crippen molar-refractivity contribution in [1.29, 1.82) is 0 Å². The molecule has 0 aromatic heterocycles. The Labute approximate surface area is 132 Å². The van der Waals surface area contributed by atoms with Gasteiger partial charge in [0.25, 0.3) is 0 Å². The third-order valence-corrected chi connectivity index (χ3v) is 5.55. The monoisotopic (exact) mass is 363 g/mol. The van der Waals surface area contributed by atoms with Crippen LogP contribution in [0.4, 0.5) is 8.78 Å². The zero-order valence-electron chi connectivity index (χ0n) is 11.6. The summed E-state index contributed by atoms with van der Waals surface area (Å²) in [6.07, 6.45) is 2.57. The minimum atomic E-state index is -0.459. The van der Waals surface area contributed by atoms with Crippen molar-refractivity contribution in [3.05, 3.63) is 33.8 Å². The summed E-state index contributed by atoms with van der Waals surface area (Å²) < 4.78 is 28.4. The van der Waals surface area contributed by atoms with Crippen LogP contribution in [0.25, 0.3) is 0 Å². The molecule has 5 heteroatoms. The van der Waals surface area contributed by atoms with E-state index in [1.54, 1.807) is 0 Å². The molecule has 1 aromatic carbocycles. The van der Waals surface area contributed by atoms with Gasteiger partial charge in [0, 0.05) is 11.6 Å². The number of hydrogen-bond donors (Lipinski definition) is 1. The zero-order chi connectivity index (χ0) is 14.5. The molecule has 1 aromatic rings. The lowest BCUT2D eigenvalue weighted by Gasteiger charge is -2.25. The maximum absolute atomic E-state index is 14.1. The molecule has 1 fully saturated rings. The molecule has 1 N–H and O–H groups in total. The van der Waals surface area contributed by atoms with Crippen molar-refractivity contribution < 1.29 is 8.78 Å². The van der Waals surface area contributed by atoms with Crippen molar-refractivity contribution in [2.75, 3.05) is 18.1 Å². The van der Waals surface area contributed by atoms with Crippen molar-refractivity contribution in [1.82, 2.24) is 5.32 Å². The Hall–Kier alpha value is -0.130. The fourth-order valence-electron chi connectivity index (χ4n) is 2.58. The average Bonchev–Trinajstić information content (AvgIpc) is 2.96. The molecular weight excluding hydrogens is 344 g/mol. The molecular formula is C15H20BrF2NS. The highest BCUT2D eigenvalue weighted by Crippen LogP contribution is 2.30. The van der Waals surface area contributed by atoms with E-state index in [-0.39, 0.29) is 11.6 Å². The number of thioether (sulfide) groups is 1. The van der Waals surface area contributed by atoms with Gasteiger partial charge in [-0.2, -0.15) is 11.8 Å². The molecule has 2 rings (SSSR count). The predicted molar refractivity (Wildman–Crippen MR) is 85.3 cm³/mol. The van der Waals surface area contributed by atoms with Crippen LogP contribution in [-0.4, -0.2) is 24.1 Å². The second kappa shape index (κ2) is 7.76. The van der Waals surface area contributed by atoms with Gasteiger partial charge in [-0.1, -0.05) is 6.92 Å². The molecule has 2 unspecified atom stereocenters. The first kappa shape index (κ1) is 16.2. The lowest BCUT2D eigenvalue weighted by Crippen LogP contribution is -2.39. The van der Waals surface area contributed by atoms with Crippen LogP contribution in [0, 0.1) is 17.6 Å². The number of hydrogen-bond acceptors (Lipinski definition) is 2. The summed E-state index contributed by atoms with van der Waals surface area (Å²) in [6, 6.07) is 2.92. The van der Waals surface area contributed by atoms with Crippen LogP contribution in [0.15, 0.2) is 16.6 Å². The smallest absolute Gasteiger partial charge is 0.143 e. The lowest BCUT2D eigenvalue weighted by molar-refractivity contribution is 0.370. The molecule has 2 atom stereocenters. The summed E-state index contributed by atoms with van der Waals surface area (Å²) >= 11 is 5.07. The molecule has 1 aliphatic rings. The zero-order valence-corrected chi connectivity index (χ0v) is 14.0. The van der Waals surface area contributed by atoms with Gasteiger partial charge in [-0.05, 0) is 71.3 Å². The van der Waals surface area contributed by atoms with Gasteiger partial charge in [0.05, 0.1) is 4.47 Å². The Morgan fingerprint density at radius 2 is 2.25 bits per heavy atom. The summed E-state index contributed by atoms with van der Waals surface area (Å²) in [6.45, 7) is 3.00. The SMILES string of the molecule is CCCNC(Cc1c(F)ccc(Br)c1F)C1CCSC1. The molecule has 1 heterocycles. The van der Waals surface area contributed by atoms with Gasteiger partial charge in [0.15, 0.2) is 0 Å². The largest absolute Gasteiger partial charge is 0.313 e. The summed E-state index contributed by atoms with van der Waals surface area (Å²) in [4.78, 5) is 0. The van der Waals surface area contributed by atoms with E-state index >= 15 is 0 Å². The van der Waals surface area contributed by atoms with Crippen LogP contribution in [-0.2, 0) is 6.42 Å². The van der Waals surface area contributed by atoms with Crippen molar-refractivity contribution in [3.63, 3.8) is 0 Å². The van der Waals surface area contributed by atoms with Crippen molar-refractivity contribution >= 4 is 27.7 Å². The molecule has 1 nitrogen and oxygen atoms in total. The highest BCUT2D eigenvalue weighted by molar-refractivity contribution is 9.10. The molecule has 0 aliphatic carbocycles. The van der Waals surface area contributed by atoms with E-state index in [2.05, 4.69) is 28.2 Å². The van der Waals surface area contributed by atoms with E-state index in [1.165, 1.54) is 12.1 Å². The Morgan fingerprint density at radius 3 is 2.90 bits per heavy atom. The highest BCUT2D eigenvalue weighted by atomic mass is 79.9. The Balaban J connectivity index is 2.16. The third-order valence-electron chi connectivity index (χ3n) is 3.75. The second-order valence-corrected chi connectivity index (χ2v) is 7.21. The van der Waals surface area contributed by atoms with Gasteiger partial charge < -0.3 is 5.32 Å². The summed E-state index contributed by atoms with van der Waals surface area (Å²) in [7, 11) is 0. The molecule has 20 heavy (non-hydrogen) atoms. The van der Waals surface area contributed by atoms with Crippen LogP contribution in [0.5, 0.6) is 0 Å². The predicted octanol–water partition coefficient (Wildman–Crippen LogP) is 4.39. The number of benzene rings is 1. The molecule has 0 saturated carbocycles. The molecule has 1 aliphatic heterocycles. The standard InChI is InChI=1S/C15H20BrF2NS/c1-2-6-19-14(10-5-7-20-9-10)8-11-13(17)4-3-12(16)15(11)18/h3-4,10,14,19H,2,5-9H2,1H3. The summed E-state index contributed by atoms with van der Waals surface area (Å²) in [5.74, 6) is 1.83. The van der Waals surface area contributed by atoms with E-state index in [1.807, 2.05) is 11.8 Å². The highest BCUT2D eigenvalue weighted by Gasteiger charge is 2.27. The van der Waals surface area contributed by atoms with Gasteiger partial charge in [-0.3, -0.25) is 0 Å². The van der Waals surface area contributed by atoms with Crippen molar-refractivity contribution in [3.8, 4) is 0 Å². The third kappa shape index (κ3) is 3.95. The molecule has 0 radical (unpaired) electrons. The first-order valence-corrected chi connectivity index (χ1v) is 9.01. The number of nitrogens with one attached hydrogen (secondary N) is 1. The molecule has 0 amide bonds. The minimum Gasteiger partial charge on any atom is -0.313 e. The topological polar surface area (TPSA) is 12.0 Å². The van der Waals surface area contributed by atoms with Gasteiger partial charge in [-0.25, -0.2) is 8.78 Å². The van der Waals surface area contributed by atoms with Crippen LogP contribution < -0.4 is 5.32 Å². The first-order valence-electron chi connectivity index (χ1n) is 7.07. The minimum absolute atomic E-state index is 0.156. The number of halogens is 3.